The molecule has 0 aliphatic heterocycles. The topological polar surface area (TPSA) is 112 Å². The van der Waals surface area contributed by atoms with Gasteiger partial charge < -0.3 is 5.73 Å². The molecule has 0 saturated heterocycles. The highest BCUT2D eigenvalue weighted by atomic mass is 16.6. The van der Waals surface area contributed by atoms with Crippen molar-refractivity contribution < 1.29 is 14.2 Å². The van der Waals surface area contributed by atoms with Crippen LogP contribution < -0.4 is 10.5 Å². The Kier molecular flexibility index (Phi) is 2.01. The zero-order valence-corrected chi connectivity index (χ0v) is 7.40. The zero-order valence-electron chi connectivity index (χ0n) is 7.40. The molecule has 1 aromatic heterocycles. The molecule has 2 aromatic rings. The van der Waals surface area contributed by atoms with E-state index in [9.17, 15) is 10.1 Å². The molecule has 76 valence electrons. The number of hydrogen-bond donors (Lipinski definition) is 1. The Morgan fingerprint density at radius 2 is 2.33 bits per heavy atom. The van der Waals surface area contributed by atoms with E-state index in [1.165, 1.54) is 18.2 Å². The second-order valence-electron chi connectivity index (χ2n) is 2.68. The van der Waals surface area contributed by atoms with E-state index in [1.807, 2.05) is 0 Å². The van der Waals surface area contributed by atoms with E-state index >= 15 is 0 Å². The molecule has 0 radical (unpaired) electrons. The Morgan fingerprint density at radius 3 is 2.93 bits per heavy atom. The molecule has 15 heavy (non-hydrogen) atoms. The maximum Gasteiger partial charge on any atom is 0.387 e. The molecule has 1 aromatic carbocycles. The highest BCUT2D eigenvalue weighted by Gasteiger charge is 2.18. The fraction of sp³-hybridized carbons (Fsp3) is 0. The van der Waals surface area contributed by atoms with Gasteiger partial charge in [0.2, 0.25) is 5.27 Å². The van der Waals surface area contributed by atoms with Gasteiger partial charge in [0.25, 0.3) is 11.4 Å². The first-order chi connectivity index (χ1) is 7.16. The fourth-order valence-corrected chi connectivity index (χ4v) is 1.05. The highest BCUT2D eigenvalue weighted by Crippen LogP contribution is 2.12. The predicted molar refractivity (Wildman–Crippen MR) is 46.9 cm³/mol. The number of non-ortho nitro benzene ring substituents is 1. The van der Waals surface area contributed by atoms with E-state index in [0.29, 0.717) is 5.69 Å². The number of anilines is 1. The average Bonchev–Trinajstić information content (AvgIpc) is 2.65. The molecule has 0 spiro atoms. The molecule has 0 amide bonds. The van der Waals surface area contributed by atoms with Gasteiger partial charge in [0, 0.05) is 12.1 Å². The summed E-state index contributed by atoms with van der Waals surface area (Å²) in [6.45, 7) is 0. The molecule has 0 saturated carbocycles. The van der Waals surface area contributed by atoms with Crippen molar-refractivity contribution >= 4 is 11.7 Å². The van der Waals surface area contributed by atoms with Crippen molar-refractivity contribution in [3.05, 3.63) is 34.4 Å². The second kappa shape index (κ2) is 3.33. The quantitative estimate of drug-likeness (QED) is 0.416. The minimum atomic E-state index is -0.506. The summed E-state index contributed by atoms with van der Waals surface area (Å²) >= 11 is 0. The molecular formula is C7H6N5O3+. The first kappa shape index (κ1) is 9.06. The zero-order chi connectivity index (χ0) is 10.8. The monoisotopic (exact) mass is 208 g/mol. The molecule has 8 nitrogen and oxygen atoms in total. The van der Waals surface area contributed by atoms with Gasteiger partial charge in [-0.15, -0.1) is 0 Å². The SMILES string of the molecule is Nc1n[n+](-c2cccc([N+](=O)[O-])c2)no1. The summed E-state index contributed by atoms with van der Waals surface area (Å²) in [7, 11) is 0. The number of rotatable bonds is 2. The number of nitro groups is 1. The van der Waals surface area contributed by atoms with Crippen molar-refractivity contribution in [3.8, 4) is 5.69 Å². The van der Waals surface area contributed by atoms with Crippen molar-refractivity contribution in [2.75, 3.05) is 5.73 Å². The summed E-state index contributed by atoms with van der Waals surface area (Å²) in [4.78, 5) is 11.1. The molecule has 8 heteroatoms. The van der Waals surface area contributed by atoms with Gasteiger partial charge in [-0.25, -0.2) is 0 Å². The third kappa shape index (κ3) is 1.73. The summed E-state index contributed by atoms with van der Waals surface area (Å²) in [5.74, 6) is 0. The van der Waals surface area contributed by atoms with E-state index in [0.717, 1.165) is 4.80 Å². The van der Waals surface area contributed by atoms with Crippen LogP contribution in [0.4, 0.5) is 11.7 Å². The standard InChI is InChI=1S/C7H6N5O3/c8-7-9-11(10-15-7)5-2-1-3-6(4-5)12(13)14/h1-4H,(H2,8,9,10)/q+1. The summed E-state index contributed by atoms with van der Waals surface area (Å²) in [5, 5.41) is 17.6. The van der Waals surface area contributed by atoms with E-state index in [4.69, 9.17) is 5.73 Å². The van der Waals surface area contributed by atoms with Gasteiger partial charge in [0.15, 0.2) is 0 Å². The Morgan fingerprint density at radius 1 is 1.53 bits per heavy atom. The van der Waals surface area contributed by atoms with Gasteiger partial charge in [-0.3, -0.25) is 14.6 Å². The summed E-state index contributed by atoms with van der Waals surface area (Å²) < 4.78 is 4.53. The molecule has 0 aliphatic rings. The summed E-state index contributed by atoms with van der Waals surface area (Å²) in [6.07, 6.45) is 0. The Labute approximate surface area is 83.0 Å². The smallest absolute Gasteiger partial charge is 0.346 e. The molecule has 0 atom stereocenters. The minimum absolute atomic E-state index is 0.0524. The van der Waals surface area contributed by atoms with Gasteiger partial charge in [-0.05, 0) is 6.07 Å². The number of nitrogens with zero attached hydrogens (tertiary/aromatic N) is 4. The predicted octanol–water partition coefficient (Wildman–Crippen LogP) is -0.163. The van der Waals surface area contributed by atoms with Crippen LogP contribution in [-0.2, 0) is 0 Å². The maximum atomic E-state index is 10.5. The number of hydrogen-bond acceptors (Lipinski definition) is 6. The number of nitro benzene ring substituents is 1. The third-order valence-corrected chi connectivity index (χ3v) is 1.68. The van der Waals surface area contributed by atoms with Crippen LogP contribution in [0.15, 0.2) is 28.8 Å². The van der Waals surface area contributed by atoms with Gasteiger partial charge in [0.1, 0.15) is 4.80 Å². The second-order valence-corrected chi connectivity index (χ2v) is 2.68. The van der Waals surface area contributed by atoms with Gasteiger partial charge in [-0.1, -0.05) is 0 Å². The van der Waals surface area contributed by atoms with Crippen LogP contribution >= 0.6 is 0 Å². The number of benzene rings is 1. The number of aromatic nitrogens is 3. The van der Waals surface area contributed by atoms with E-state index in [1.54, 1.807) is 6.07 Å². The van der Waals surface area contributed by atoms with Crippen LogP contribution in [0.1, 0.15) is 0 Å². The van der Waals surface area contributed by atoms with Crippen molar-refractivity contribution in [2.45, 2.75) is 0 Å². The number of nitrogens with two attached hydrogens (primary N) is 1. The normalized spacial score (nSPS) is 10.1. The number of nitrogen functional groups attached to an aromatic ring is 1. The molecule has 0 fully saturated rings. The van der Waals surface area contributed by atoms with Crippen LogP contribution in [0.5, 0.6) is 0 Å². The molecule has 0 unspecified atom stereocenters. The molecule has 2 rings (SSSR count). The van der Waals surface area contributed by atoms with Crippen LogP contribution in [0, 0.1) is 10.1 Å². The van der Waals surface area contributed by atoms with Crippen LogP contribution in [0.2, 0.25) is 0 Å². The van der Waals surface area contributed by atoms with Crippen LogP contribution in [0.25, 0.3) is 5.69 Å². The minimum Gasteiger partial charge on any atom is -0.346 e. The molecule has 0 aliphatic carbocycles. The average molecular weight is 208 g/mol. The Bertz CT molecular complexity index is 509. The van der Waals surface area contributed by atoms with Gasteiger partial charge in [-0.2, -0.15) is 0 Å². The molecular weight excluding hydrogens is 202 g/mol. The largest absolute Gasteiger partial charge is 0.387 e. The van der Waals surface area contributed by atoms with E-state index in [-0.39, 0.29) is 11.7 Å². The van der Waals surface area contributed by atoms with E-state index in [2.05, 4.69) is 14.9 Å². The first-order valence-electron chi connectivity index (χ1n) is 3.93. The van der Waals surface area contributed by atoms with Gasteiger partial charge in [0.05, 0.1) is 16.1 Å². The molecule has 2 N–H and O–H groups in total. The van der Waals surface area contributed by atoms with Crippen molar-refractivity contribution in [2.24, 2.45) is 0 Å². The lowest BCUT2D eigenvalue weighted by molar-refractivity contribution is -0.724. The first-order valence-corrected chi connectivity index (χ1v) is 3.93. The van der Waals surface area contributed by atoms with Crippen molar-refractivity contribution in [1.82, 2.24) is 10.4 Å². The molecule has 0 bridgehead atoms. The lowest BCUT2D eigenvalue weighted by atomic mass is 10.3. The maximum absolute atomic E-state index is 10.5. The van der Waals surface area contributed by atoms with E-state index < -0.39 is 4.92 Å². The Hall–Kier alpha value is -2.51. The van der Waals surface area contributed by atoms with Gasteiger partial charge >= 0.3 is 6.01 Å². The van der Waals surface area contributed by atoms with Crippen molar-refractivity contribution in [3.63, 3.8) is 0 Å². The molecule has 1 heterocycles. The third-order valence-electron chi connectivity index (χ3n) is 1.68. The Balaban J connectivity index is 2.45. The highest BCUT2D eigenvalue weighted by molar-refractivity contribution is 5.37. The summed E-state index contributed by atoms with van der Waals surface area (Å²) in [5.41, 5.74) is 5.57. The van der Waals surface area contributed by atoms with Crippen LogP contribution in [0.3, 0.4) is 0 Å². The van der Waals surface area contributed by atoms with Crippen molar-refractivity contribution in [1.29, 1.82) is 0 Å². The lowest BCUT2D eigenvalue weighted by Crippen LogP contribution is -2.35. The lowest BCUT2D eigenvalue weighted by Gasteiger charge is -1.88. The van der Waals surface area contributed by atoms with Crippen LogP contribution in [-0.4, -0.2) is 15.3 Å². The summed E-state index contributed by atoms with van der Waals surface area (Å²) in [6, 6.07) is 5.69. The fourth-order valence-electron chi connectivity index (χ4n) is 1.05.